The Balaban J connectivity index is 2.25. The minimum atomic E-state index is -1.41. The third-order valence-corrected chi connectivity index (χ3v) is 4.68. The van der Waals surface area contributed by atoms with Crippen LogP contribution >= 0.6 is 27.5 Å². The highest BCUT2D eigenvalue weighted by atomic mass is 79.9. The summed E-state index contributed by atoms with van der Waals surface area (Å²) in [7, 11) is -1.41. The van der Waals surface area contributed by atoms with Gasteiger partial charge in [0.15, 0.2) is 0 Å². The van der Waals surface area contributed by atoms with Gasteiger partial charge >= 0.3 is 0 Å². The van der Waals surface area contributed by atoms with Crippen LogP contribution in [0.25, 0.3) is 0 Å². The van der Waals surface area contributed by atoms with Gasteiger partial charge in [-0.1, -0.05) is 33.6 Å². The minimum absolute atomic E-state index is 0.0744. The molecule has 2 N–H and O–H groups in total. The minimum Gasteiger partial charge on any atom is -0.398 e. The van der Waals surface area contributed by atoms with E-state index in [0.29, 0.717) is 25.6 Å². The number of hydrogen-bond donors (Lipinski definition) is 1. The first-order valence-corrected chi connectivity index (χ1v) is 7.83. The van der Waals surface area contributed by atoms with Crippen molar-refractivity contribution in [3.8, 4) is 0 Å². The molecule has 0 fully saturated rings. The molecule has 0 bridgehead atoms. The number of rotatable bonds is 3. The Morgan fingerprint density at radius 2 is 2.00 bits per heavy atom. The predicted molar refractivity (Wildman–Crippen MR) is 80.1 cm³/mol. The van der Waals surface area contributed by atoms with E-state index in [0.717, 1.165) is 0 Å². The van der Waals surface area contributed by atoms with Crippen LogP contribution in [0, 0.1) is 5.82 Å². The van der Waals surface area contributed by atoms with Crippen LogP contribution in [0.15, 0.2) is 45.8 Å². The van der Waals surface area contributed by atoms with Gasteiger partial charge in [-0.3, -0.25) is 4.21 Å². The topological polar surface area (TPSA) is 43.1 Å². The van der Waals surface area contributed by atoms with E-state index in [4.69, 9.17) is 17.3 Å². The SMILES string of the molecule is Nc1cc(Cl)ccc1S(=O)Cc1ccc(Br)cc1F. The van der Waals surface area contributed by atoms with Gasteiger partial charge in [0, 0.05) is 20.7 Å². The lowest BCUT2D eigenvalue weighted by atomic mass is 10.2. The molecule has 0 saturated carbocycles. The summed E-state index contributed by atoms with van der Waals surface area (Å²) >= 11 is 8.96. The van der Waals surface area contributed by atoms with Crippen molar-refractivity contribution < 1.29 is 8.60 Å². The summed E-state index contributed by atoms with van der Waals surface area (Å²) in [6.07, 6.45) is 0. The molecule has 0 spiro atoms. The van der Waals surface area contributed by atoms with Crippen LogP contribution in [0.2, 0.25) is 5.02 Å². The maximum atomic E-state index is 13.7. The number of nitrogens with two attached hydrogens (primary N) is 1. The largest absolute Gasteiger partial charge is 0.398 e. The van der Waals surface area contributed by atoms with Gasteiger partial charge < -0.3 is 5.73 Å². The quantitative estimate of drug-likeness (QED) is 0.834. The van der Waals surface area contributed by atoms with Crippen LogP contribution in [0.5, 0.6) is 0 Å². The molecule has 2 nitrogen and oxygen atoms in total. The van der Waals surface area contributed by atoms with Crippen molar-refractivity contribution in [2.24, 2.45) is 0 Å². The fourth-order valence-electron chi connectivity index (χ4n) is 1.58. The molecule has 1 unspecified atom stereocenters. The van der Waals surface area contributed by atoms with Crippen LogP contribution < -0.4 is 5.73 Å². The molecule has 2 aromatic rings. The standard InChI is InChI=1S/C13H10BrClFNOS/c14-9-2-1-8(11(16)5-9)7-19(18)13-4-3-10(15)6-12(13)17/h1-6H,7,17H2. The number of nitrogen functional groups attached to an aromatic ring is 1. The molecular formula is C13H10BrClFNOS. The van der Waals surface area contributed by atoms with Crippen LogP contribution in [0.1, 0.15) is 5.56 Å². The zero-order valence-electron chi connectivity index (χ0n) is 9.70. The van der Waals surface area contributed by atoms with E-state index >= 15 is 0 Å². The number of anilines is 1. The first-order chi connectivity index (χ1) is 8.97. The summed E-state index contributed by atoms with van der Waals surface area (Å²) in [5.74, 6) is -0.319. The summed E-state index contributed by atoms with van der Waals surface area (Å²) in [4.78, 5) is 0.465. The Labute approximate surface area is 126 Å². The van der Waals surface area contributed by atoms with E-state index in [-0.39, 0.29) is 5.75 Å². The van der Waals surface area contributed by atoms with Gasteiger partial charge in [-0.2, -0.15) is 0 Å². The molecule has 0 aliphatic heterocycles. The van der Waals surface area contributed by atoms with Gasteiger partial charge in [0.2, 0.25) is 0 Å². The van der Waals surface area contributed by atoms with E-state index in [1.165, 1.54) is 12.1 Å². The maximum Gasteiger partial charge on any atom is 0.128 e. The molecule has 0 aromatic heterocycles. The fraction of sp³-hybridized carbons (Fsp3) is 0.0769. The van der Waals surface area contributed by atoms with Crippen molar-refractivity contribution in [1.29, 1.82) is 0 Å². The van der Waals surface area contributed by atoms with E-state index < -0.39 is 16.6 Å². The average molecular weight is 363 g/mol. The van der Waals surface area contributed by atoms with E-state index in [1.807, 2.05) is 0 Å². The average Bonchev–Trinajstić information content (AvgIpc) is 2.32. The van der Waals surface area contributed by atoms with Crippen LogP contribution in [-0.2, 0) is 16.6 Å². The smallest absolute Gasteiger partial charge is 0.128 e. The second-order valence-corrected chi connectivity index (χ2v) is 6.68. The molecule has 0 amide bonds. The summed E-state index contributed by atoms with van der Waals surface area (Å²) in [5, 5.41) is 0.480. The van der Waals surface area contributed by atoms with Crippen LogP contribution in [0.4, 0.5) is 10.1 Å². The molecule has 2 rings (SSSR count). The molecule has 0 radical (unpaired) electrons. The summed E-state index contributed by atoms with van der Waals surface area (Å²) in [5.41, 5.74) is 6.49. The fourth-order valence-corrected chi connectivity index (χ4v) is 3.31. The van der Waals surface area contributed by atoms with Gasteiger partial charge in [-0.05, 0) is 30.3 Å². The molecule has 100 valence electrons. The Bertz CT molecular complexity index is 651. The molecule has 1 atom stereocenters. The van der Waals surface area contributed by atoms with Gasteiger partial charge in [-0.15, -0.1) is 0 Å². The molecular weight excluding hydrogens is 353 g/mol. The van der Waals surface area contributed by atoms with Crippen molar-refractivity contribution in [3.05, 3.63) is 57.3 Å². The lowest BCUT2D eigenvalue weighted by Gasteiger charge is -2.07. The Kier molecular flexibility index (Phi) is 4.60. The lowest BCUT2D eigenvalue weighted by molar-refractivity contribution is 0.614. The zero-order valence-corrected chi connectivity index (χ0v) is 12.9. The Morgan fingerprint density at radius 3 is 2.63 bits per heavy atom. The second kappa shape index (κ2) is 6.03. The van der Waals surface area contributed by atoms with Crippen LogP contribution in [-0.4, -0.2) is 4.21 Å². The van der Waals surface area contributed by atoms with Gasteiger partial charge in [0.05, 0.1) is 21.4 Å². The second-order valence-electron chi connectivity index (χ2n) is 3.91. The predicted octanol–water partition coefficient (Wildman–Crippen LogP) is 4.13. The molecule has 0 heterocycles. The van der Waals surface area contributed by atoms with Gasteiger partial charge in [0.25, 0.3) is 0 Å². The summed E-state index contributed by atoms with van der Waals surface area (Å²) < 4.78 is 26.5. The monoisotopic (exact) mass is 361 g/mol. The van der Waals surface area contributed by atoms with Crippen molar-refractivity contribution >= 4 is 44.0 Å². The highest BCUT2D eigenvalue weighted by Gasteiger charge is 2.12. The molecule has 2 aromatic carbocycles. The normalized spacial score (nSPS) is 12.4. The van der Waals surface area contributed by atoms with Crippen molar-refractivity contribution in [1.82, 2.24) is 0 Å². The van der Waals surface area contributed by atoms with Crippen molar-refractivity contribution in [2.45, 2.75) is 10.6 Å². The van der Waals surface area contributed by atoms with E-state index in [2.05, 4.69) is 15.9 Å². The van der Waals surface area contributed by atoms with E-state index in [9.17, 15) is 8.60 Å². The third kappa shape index (κ3) is 3.55. The maximum absolute atomic E-state index is 13.7. The Hall–Kier alpha value is -0.910. The molecule has 6 heteroatoms. The lowest BCUT2D eigenvalue weighted by Crippen LogP contribution is -2.02. The van der Waals surface area contributed by atoms with Crippen molar-refractivity contribution in [3.63, 3.8) is 0 Å². The van der Waals surface area contributed by atoms with Crippen molar-refractivity contribution in [2.75, 3.05) is 5.73 Å². The summed E-state index contributed by atoms with van der Waals surface area (Å²) in [6.45, 7) is 0. The third-order valence-electron chi connectivity index (χ3n) is 2.52. The molecule has 19 heavy (non-hydrogen) atoms. The molecule has 0 saturated heterocycles. The number of hydrogen-bond acceptors (Lipinski definition) is 2. The van der Waals surface area contributed by atoms with Gasteiger partial charge in [-0.25, -0.2) is 4.39 Å². The first-order valence-electron chi connectivity index (χ1n) is 5.34. The van der Waals surface area contributed by atoms with E-state index in [1.54, 1.807) is 24.3 Å². The summed E-state index contributed by atoms with van der Waals surface area (Å²) in [6, 6.07) is 9.41. The number of benzene rings is 2. The Morgan fingerprint density at radius 1 is 1.26 bits per heavy atom. The molecule has 0 aliphatic rings. The highest BCUT2D eigenvalue weighted by Crippen LogP contribution is 2.24. The van der Waals surface area contributed by atoms with Crippen LogP contribution in [0.3, 0.4) is 0 Å². The highest BCUT2D eigenvalue weighted by molar-refractivity contribution is 9.10. The first kappa shape index (κ1) is 14.5. The number of halogens is 3. The van der Waals surface area contributed by atoms with Gasteiger partial charge in [0.1, 0.15) is 5.82 Å². The molecule has 0 aliphatic carbocycles. The zero-order chi connectivity index (χ0) is 14.0.